The van der Waals surface area contributed by atoms with Gasteiger partial charge in [0.25, 0.3) is 0 Å². The van der Waals surface area contributed by atoms with Crippen molar-refractivity contribution in [2.75, 3.05) is 13.2 Å². The van der Waals surface area contributed by atoms with Gasteiger partial charge in [0.1, 0.15) is 0 Å². The molecule has 140 valence electrons. The van der Waals surface area contributed by atoms with Crippen LogP contribution in [0.15, 0.2) is 0 Å². The lowest BCUT2D eigenvalue weighted by Gasteiger charge is -2.29. The van der Waals surface area contributed by atoms with E-state index in [4.69, 9.17) is 9.47 Å². The van der Waals surface area contributed by atoms with Gasteiger partial charge in [0.15, 0.2) is 0 Å². The molecule has 3 heteroatoms. The minimum atomic E-state index is 0.0905. The monoisotopic (exact) mass is 338 g/mol. The molecule has 2 aliphatic heterocycles. The van der Waals surface area contributed by atoms with E-state index < -0.39 is 0 Å². The molecule has 0 unspecified atom stereocenters. The standard InChI is InChI=1S/C21H38O3/c1-21(2,15-22)13-7-3-4-10-17-18(20-12-11-19(17)24-20)14-23-16-8-5-6-9-16/h16-20,22H,3-15H2,1-2H3/t17-,18+,19-,20+/m1/s1. The Kier molecular flexibility index (Phi) is 6.62. The van der Waals surface area contributed by atoms with E-state index >= 15 is 0 Å². The number of unbranched alkanes of at least 4 members (excludes halogenated alkanes) is 2. The van der Waals surface area contributed by atoms with Crippen LogP contribution in [0.25, 0.3) is 0 Å². The molecule has 4 atom stereocenters. The molecular formula is C21H38O3. The molecule has 0 amide bonds. The molecule has 0 spiro atoms. The summed E-state index contributed by atoms with van der Waals surface area (Å²) in [6, 6.07) is 0. The van der Waals surface area contributed by atoms with Gasteiger partial charge in [-0.25, -0.2) is 0 Å². The Morgan fingerprint density at radius 2 is 1.67 bits per heavy atom. The molecular weight excluding hydrogens is 300 g/mol. The summed E-state index contributed by atoms with van der Waals surface area (Å²) >= 11 is 0. The van der Waals surface area contributed by atoms with E-state index in [-0.39, 0.29) is 5.41 Å². The normalized spacial score (nSPS) is 33.6. The highest BCUT2D eigenvalue weighted by molar-refractivity contribution is 4.96. The first-order valence-electron chi connectivity index (χ1n) is 10.5. The van der Waals surface area contributed by atoms with E-state index in [1.54, 1.807) is 0 Å². The lowest BCUT2D eigenvalue weighted by molar-refractivity contribution is 0.00552. The Balaban J connectivity index is 1.38. The fraction of sp³-hybridized carbons (Fsp3) is 1.00. The lowest BCUT2D eigenvalue weighted by atomic mass is 9.77. The fourth-order valence-electron chi connectivity index (χ4n) is 5.04. The molecule has 24 heavy (non-hydrogen) atoms. The Morgan fingerprint density at radius 1 is 0.958 bits per heavy atom. The zero-order chi connectivity index (χ0) is 17.0. The van der Waals surface area contributed by atoms with Gasteiger partial charge in [-0.1, -0.05) is 46.0 Å². The highest BCUT2D eigenvalue weighted by atomic mass is 16.5. The maximum absolute atomic E-state index is 9.35. The lowest BCUT2D eigenvalue weighted by Crippen LogP contribution is -2.32. The topological polar surface area (TPSA) is 38.7 Å². The molecule has 0 radical (unpaired) electrons. The van der Waals surface area contributed by atoms with Gasteiger partial charge in [-0.3, -0.25) is 0 Å². The van der Waals surface area contributed by atoms with Crippen molar-refractivity contribution in [3.63, 3.8) is 0 Å². The third-order valence-corrected chi connectivity index (χ3v) is 6.74. The number of aliphatic hydroxyl groups excluding tert-OH is 1. The van der Waals surface area contributed by atoms with Gasteiger partial charge >= 0.3 is 0 Å². The van der Waals surface area contributed by atoms with Crippen LogP contribution in [-0.2, 0) is 9.47 Å². The van der Waals surface area contributed by atoms with Crippen LogP contribution < -0.4 is 0 Å². The third kappa shape index (κ3) is 4.74. The maximum atomic E-state index is 9.35. The van der Waals surface area contributed by atoms with E-state index in [0.717, 1.165) is 18.9 Å². The number of rotatable bonds is 10. The van der Waals surface area contributed by atoms with Crippen LogP contribution in [0.1, 0.15) is 84.5 Å². The smallest absolute Gasteiger partial charge is 0.0633 e. The molecule has 0 aromatic rings. The predicted octanol–water partition coefficient (Wildman–Crippen LogP) is 4.71. The number of ether oxygens (including phenoxy) is 2. The van der Waals surface area contributed by atoms with Crippen molar-refractivity contribution in [1.29, 1.82) is 0 Å². The average molecular weight is 339 g/mol. The summed E-state index contributed by atoms with van der Waals surface area (Å²) in [7, 11) is 0. The van der Waals surface area contributed by atoms with Gasteiger partial charge in [-0.2, -0.15) is 0 Å². The largest absolute Gasteiger partial charge is 0.396 e. The van der Waals surface area contributed by atoms with Gasteiger partial charge in [0, 0.05) is 12.5 Å². The van der Waals surface area contributed by atoms with Crippen molar-refractivity contribution in [1.82, 2.24) is 0 Å². The van der Waals surface area contributed by atoms with E-state index in [1.807, 2.05) is 0 Å². The average Bonchev–Trinajstić information content (AvgIpc) is 3.30. The Labute approximate surface area is 148 Å². The van der Waals surface area contributed by atoms with Crippen LogP contribution in [-0.4, -0.2) is 36.6 Å². The third-order valence-electron chi connectivity index (χ3n) is 6.74. The van der Waals surface area contributed by atoms with Crippen molar-refractivity contribution in [2.45, 2.75) is 103 Å². The minimum Gasteiger partial charge on any atom is -0.396 e. The van der Waals surface area contributed by atoms with Crippen LogP contribution >= 0.6 is 0 Å². The number of hydrogen-bond acceptors (Lipinski definition) is 3. The predicted molar refractivity (Wildman–Crippen MR) is 97.0 cm³/mol. The van der Waals surface area contributed by atoms with E-state index in [1.165, 1.54) is 64.2 Å². The summed E-state index contributed by atoms with van der Waals surface area (Å²) in [4.78, 5) is 0. The minimum absolute atomic E-state index is 0.0905. The van der Waals surface area contributed by atoms with Crippen LogP contribution in [0.2, 0.25) is 0 Å². The molecule has 3 rings (SSSR count). The first-order valence-corrected chi connectivity index (χ1v) is 10.5. The number of hydrogen-bond donors (Lipinski definition) is 1. The van der Waals surface area contributed by atoms with Crippen molar-refractivity contribution < 1.29 is 14.6 Å². The molecule has 1 aliphatic carbocycles. The summed E-state index contributed by atoms with van der Waals surface area (Å²) in [6.07, 6.45) is 15.6. The van der Waals surface area contributed by atoms with Gasteiger partial charge in [0.2, 0.25) is 0 Å². The summed E-state index contributed by atoms with van der Waals surface area (Å²) in [5, 5.41) is 9.35. The molecule has 0 aromatic carbocycles. The SMILES string of the molecule is CC(C)(CO)CCCCC[C@@H]1[C@H](COC2CCCC2)[C@@H]2CC[C@H]1O2. The molecule has 3 fully saturated rings. The van der Waals surface area contributed by atoms with Crippen molar-refractivity contribution >= 4 is 0 Å². The van der Waals surface area contributed by atoms with Crippen molar-refractivity contribution in [3.05, 3.63) is 0 Å². The van der Waals surface area contributed by atoms with Gasteiger partial charge in [0.05, 0.1) is 24.9 Å². The van der Waals surface area contributed by atoms with Gasteiger partial charge in [-0.05, 0) is 49.9 Å². The van der Waals surface area contributed by atoms with Gasteiger partial charge < -0.3 is 14.6 Å². The van der Waals surface area contributed by atoms with E-state index in [2.05, 4.69) is 13.8 Å². The molecule has 1 N–H and O–H groups in total. The quantitative estimate of drug-likeness (QED) is 0.586. The Bertz CT molecular complexity index is 375. The van der Waals surface area contributed by atoms with E-state index in [9.17, 15) is 5.11 Å². The van der Waals surface area contributed by atoms with Crippen LogP contribution in [0.5, 0.6) is 0 Å². The summed E-state index contributed by atoms with van der Waals surface area (Å²) in [5.74, 6) is 1.38. The summed E-state index contributed by atoms with van der Waals surface area (Å²) in [6.45, 7) is 5.56. The number of fused-ring (bicyclic) bond motifs is 2. The first kappa shape index (κ1) is 18.7. The molecule has 3 aliphatic rings. The second-order valence-electron chi connectivity index (χ2n) is 9.28. The highest BCUT2D eigenvalue weighted by Crippen LogP contribution is 2.46. The summed E-state index contributed by atoms with van der Waals surface area (Å²) in [5.41, 5.74) is 0.0905. The fourth-order valence-corrected chi connectivity index (χ4v) is 5.04. The first-order chi connectivity index (χ1) is 11.6. The highest BCUT2D eigenvalue weighted by Gasteiger charge is 2.48. The molecule has 2 bridgehead atoms. The Hall–Kier alpha value is -0.120. The van der Waals surface area contributed by atoms with E-state index in [0.29, 0.717) is 30.8 Å². The van der Waals surface area contributed by atoms with Crippen LogP contribution in [0.4, 0.5) is 0 Å². The molecule has 1 saturated carbocycles. The zero-order valence-electron chi connectivity index (χ0n) is 15.8. The summed E-state index contributed by atoms with van der Waals surface area (Å²) < 4.78 is 12.5. The molecule has 0 aromatic heterocycles. The van der Waals surface area contributed by atoms with Crippen LogP contribution in [0.3, 0.4) is 0 Å². The van der Waals surface area contributed by atoms with Crippen LogP contribution in [0, 0.1) is 17.3 Å². The zero-order valence-corrected chi connectivity index (χ0v) is 15.8. The molecule has 3 nitrogen and oxygen atoms in total. The van der Waals surface area contributed by atoms with Gasteiger partial charge in [-0.15, -0.1) is 0 Å². The maximum Gasteiger partial charge on any atom is 0.0633 e. The second kappa shape index (κ2) is 8.51. The van der Waals surface area contributed by atoms with Crippen molar-refractivity contribution in [2.24, 2.45) is 17.3 Å². The number of aliphatic hydroxyl groups is 1. The molecule has 2 heterocycles. The van der Waals surface area contributed by atoms with Crippen molar-refractivity contribution in [3.8, 4) is 0 Å². The molecule has 2 saturated heterocycles. The second-order valence-corrected chi connectivity index (χ2v) is 9.28. The Morgan fingerprint density at radius 3 is 2.38 bits per heavy atom.